The molecule has 3 heteroatoms. The van der Waals surface area contributed by atoms with Crippen LogP contribution in [0.15, 0.2) is 42.5 Å². The highest BCUT2D eigenvalue weighted by molar-refractivity contribution is 5.59. The normalized spacial score (nSPS) is 17.6. The number of para-hydroxylation sites is 1. The van der Waals surface area contributed by atoms with E-state index in [2.05, 4.69) is 30.0 Å². The number of nitrogens with zero attached hydrogens (tertiary/aromatic N) is 1. The Morgan fingerprint density at radius 3 is 2.84 bits per heavy atom. The Hall–Kier alpha value is -2.03. The molecular weight excluding hydrogens is 239 g/mol. The first kappa shape index (κ1) is 12.0. The summed E-state index contributed by atoms with van der Waals surface area (Å²) in [5.74, 6) is -0.225. The fourth-order valence-electron chi connectivity index (χ4n) is 2.75. The second-order valence-electron chi connectivity index (χ2n) is 5.16. The van der Waals surface area contributed by atoms with Crippen LogP contribution in [0.2, 0.25) is 0 Å². The zero-order valence-corrected chi connectivity index (χ0v) is 10.9. The number of rotatable bonds is 2. The SMILES string of the molecule is CC1Cc2ccccc2N1Cc1ccc(N)cc1F. The monoisotopic (exact) mass is 256 g/mol. The number of nitrogen functional groups attached to an aromatic ring is 1. The highest BCUT2D eigenvalue weighted by atomic mass is 19.1. The van der Waals surface area contributed by atoms with Gasteiger partial charge in [-0.15, -0.1) is 0 Å². The van der Waals surface area contributed by atoms with Gasteiger partial charge in [0.05, 0.1) is 0 Å². The largest absolute Gasteiger partial charge is 0.399 e. The number of nitrogens with two attached hydrogens (primary N) is 1. The molecule has 0 radical (unpaired) electrons. The van der Waals surface area contributed by atoms with Crippen LogP contribution in [0.4, 0.5) is 15.8 Å². The number of anilines is 2. The maximum atomic E-state index is 13.9. The Balaban J connectivity index is 1.91. The summed E-state index contributed by atoms with van der Waals surface area (Å²) in [6.07, 6.45) is 1.02. The molecule has 2 aromatic rings. The summed E-state index contributed by atoms with van der Waals surface area (Å²) in [5.41, 5.74) is 9.30. The van der Waals surface area contributed by atoms with Crippen LogP contribution in [-0.2, 0) is 13.0 Å². The third-order valence-electron chi connectivity index (χ3n) is 3.77. The fourth-order valence-corrected chi connectivity index (χ4v) is 2.75. The van der Waals surface area contributed by atoms with E-state index in [0.29, 0.717) is 23.8 Å². The van der Waals surface area contributed by atoms with E-state index in [1.54, 1.807) is 12.1 Å². The average Bonchev–Trinajstić information content (AvgIpc) is 2.69. The summed E-state index contributed by atoms with van der Waals surface area (Å²) in [4.78, 5) is 2.25. The lowest BCUT2D eigenvalue weighted by Gasteiger charge is -2.25. The van der Waals surface area contributed by atoms with Gasteiger partial charge in [-0.2, -0.15) is 0 Å². The predicted octanol–water partition coefficient (Wildman–Crippen LogP) is 3.36. The summed E-state index contributed by atoms with van der Waals surface area (Å²) in [6.45, 7) is 2.76. The molecule has 1 aliphatic heterocycles. The Morgan fingerprint density at radius 2 is 2.05 bits per heavy atom. The van der Waals surface area contributed by atoms with Gasteiger partial charge in [0.2, 0.25) is 0 Å². The summed E-state index contributed by atoms with van der Waals surface area (Å²) < 4.78 is 13.9. The summed E-state index contributed by atoms with van der Waals surface area (Å²) in [6, 6.07) is 13.7. The molecule has 1 heterocycles. The number of benzene rings is 2. The Morgan fingerprint density at radius 1 is 1.26 bits per heavy atom. The van der Waals surface area contributed by atoms with E-state index in [-0.39, 0.29) is 5.82 Å². The van der Waals surface area contributed by atoms with Gasteiger partial charge in [0.25, 0.3) is 0 Å². The predicted molar refractivity (Wildman–Crippen MR) is 76.6 cm³/mol. The molecule has 0 saturated carbocycles. The summed E-state index contributed by atoms with van der Waals surface area (Å²) in [7, 11) is 0. The second kappa shape index (κ2) is 4.57. The maximum absolute atomic E-state index is 13.9. The average molecular weight is 256 g/mol. The van der Waals surface area contributed by atoms with Gasteiger partial charge in [-0.05, 0) is 37.1 Å². The summed E-state index contributed by atoms with van der Waals surface area (Å²) in [5, 5.41) is 0. The van der Waals surface area contributed by atoms with Gasteiger partial charge >= 0.3 is 0 Å². The minimum absolute atomic E-state index is 0.225. The lowest BCUT2D eigenvalue weighted by Crippen LogP contribution is -2.29. The molecule has 1 aliphatic rings. The van der Waals surface area contributed by atoms with Crippen LogP contribution < -0.4 is 10.6 Å². The zero-order valence-electron chi connectivity index (χ0n) is 10.9. The number of halogens is 1. The van der Waals surface area contributed by atoms with E-state index in [1.165, 1.54) is 17.3 Å². The van der Waals surface area contributed by atoms with Crippen molar-refractivity contribution in [2.24, 2.45) is 0 Å². The molecule has 0 fully saturated rings. The van der Waals surface area contributed by atoms with Crippen LogP contribution in [0.25, 0.3) is 0 Å². The topological polar surface area (TPSA) is 29.3 Å². The van der Waals surface area contributed by atoms with Crippen molar-refractivity contribution in [1.82, 2.24) is 0 Å². The van der Waals surface area contributed by atoms with Crippen molar-refractivity contribution in [3.63, 3.8) is 0 Å². The third-order valence-corrected chi connectivity index (χ3v) is 3.77. The molecule has 2 N–H and O–H groups in total. The van der Waals surface area contributed by atoms with Crippen molar-refractivity contribution in [3.05, 3.63) is 59.4 Å². The van der Waals surface area contributed by atoms with Crippen LogP contribution in [0.1, 0.15) is 18.1 Å². The molecule has 3 rings (SSSR count). The zero-order chi connectivity index (χ0) is 13.4. The van der Waals surface area contributed by atoms with Gasteiger partial charge < -0.3 is 10.6 Å². The first-order valence-electron chi connectivity index (χ1n) is 6.53. The number of hydrogen-bond donors (Lipinski definition) is 1. The smallest absolute Gasteiger partial charge is 0.130 e. The minimum atomic E-state index is -0.225. The molecule has 1 atom stereocenters. The number of hydrogen-bond acceptors (Lipinski definition) is 2. The van der Waals surface area contributed by atoms with E-state index in [0.717, 1.165) is 6.42 Å². The second-order valence-corrected chi connectivity index (χ2v) is 5.16. The highest BCUT2D eigenvalue weighted by Gasteiger charge is 2.25. The van der Waals surface area contributed by atoms with Gasteiger partial charge in [-0.25, -0.2) is 4.39 Å². The van der Waals surface area contributed by atoms with Gasteiger partial charge in [0.1, 0.15) is 5.82 Å². The molecule has 0 bridgehead atoms. The van der Waals surface area contributed by atoms with E-state index in [9.17, 15) is 4.39 Å². The molecule has 2 nitrogen and oxygen atoms in total. The van der Waals surface area contributed by atoms with Crippen molar-refractivity contribution < 1.29 is 4.39 Å². The first-order chi connectivity index (χ1) is 9.15. The standard InChI is InChI=1S/C16H17FN2/c1-11-8-12-4-2-3-5-16(12)19(11)10-13-6-7-14(18)9-15(13)17/h2-7,9,11H,8,10,18H2,1H3. The molecule has 19 heavy (non-hydrogen) atoms. The first-order valence-corrected chi connectivity index (χ1v) is 6.53. The molecule has 0 aliphatic carbocycles. The van der Waals surface area contributed by atoms with E-state index >= 15 is 0 Å². The highest BCUT2D eigenvalue weighted by Crippen LogP contribution is 2.33. The maximum Gasteiger partial charge on any atom is 0.130 e. The molecule has 0 amide bonds. The van der Waals surface area contributed by atoms with Crippen LogP contribution in [0.3, 0.4) is 0 Å². The lowest BCUT2D eigenvalue weighted by atomic mass is 10.1. The van der Waals surface area contributed by atoms with Crippen LogP contribution in [0.5, 0.6) is 0 Å². The Bertz CT molecular complexity index is 609. The Kier molecular flexibility index (Phi) is 2.90. The van der Waals surface area contributed by atoms with E-state index in [4.69, 9.17) is 5.73 Å². The fraction of sp³-hybridized carbons (Fsp3) is 0.250. The van der Waals surface area contributed by atoms with Gasteiger partial charge in [-0.1, -0.05) is 24.3 Å². The molecule has 98 valence electrons. The van der Waals surface area contributed by atoms with Crippen molar-refractivity contribution in [2.75, 3.05) is 10.6 Å². The third kappa shape index (κ3) is 2.16. The molecule has 0 spiro atoms. The van der Waals surface area contributed by atoms with Crippen LogP contribution >= 0.6 is 0 Å². The quantitative estimate of drug-likeness (QED) is 0.835. The van der Waals surface area contributed by atoms with E-state index < -0.39 is 0 Å². The van der Waals surface area contributed by atoms with Crippen molar-refractivity contribution in [2.45, 2.75) is 25.9 Å². The van der Waals surface area contributed by atoms with Crippen LogP contribution in [0, 0.1) is 5.82 Å². The minimum Gasteiger partial charge on any atom is -0.399 e. The lowest BCUT2D eigenvalue weighted by molar-refractivity contribution is 0.594. The van der Waals surface area contributed by atoms with Gasteiger partial charge in [-0.3, -0.25) is 0 Å². The summed E-state index contributed by atoms with van der Waals surface area (Å²) >= 11 is 0. The van der Waals surface area contributed by atoms with Crippen molar-refractivity contribution in [3.8, 4) is 0 Å². The molecule has 2 aromatic carbocycles. The van der Waals surface area contributed by atoms with E-state index in [1.807, 2.05) is 6.07 Å². The molecule has 1 unspecified atom stereocenters. The molecule has 0 saturated heterocycles. The van der Waals surface area contributed by atoms with Gasteiger partial charge in [0.15, 0.2) is 0 Å². The molecule has 0 aromatic heterocycles. The Labute approximate surface area is 112 Å². The van der Waals surface area contributed by atoms with Crippen molar-refractivity contribution in [1.29, 1.82) is 0 Å². The van der Waals surface area contributed by atoms with Crippen molar-refractivity contribution >= 4 is 11.4 Å². The molecular formula is C16H17FN2. The van der Waals surface area contributed by atoms with Gasteiger partial charge in [0, 0.05) is 29.5 Å². The van der Waals surface area contributed by atoms with Crippen LogP contribution in [-0.4, -0.2) is 6.04 Å². The number of fused-ring (bicyclic) bond motifs is 1.